The molecule has 2 rings (SSSR count). The number of thioether (sulfide) groups is 1. The minimum Gasteiger partial charge on any atom is -0.496 e. The smallest absolute Gasteiger partial charge is 0.387 e. The van der Waals surface area contributed by atoms with Crippen molar-refractivity contribution in [2.45, 2.75) is 18.1 Å². The number of halogens is 2. The zero-order valence-electron chi connectivity index (χ0n) is 13.4. The predicted octanol–water partition coefficient (Wildman–Crippen LogP) is 4.35. The summed E-state index contributed by atoms with van der Waals surface area (Å²) in [6.07, 6.45) is 1.95. The number of carbonyl (C=O) groups is 1. The van der Waals surface area contributed by atoms with E-state index < -0.39 is 6.61 Å². The van der Waals surface area contributed by atoms with E-state index in [0.29, 0.717) is 6.54 Å². The Morgan fingerprint density at radius 3 is 2.71 bits per heavy atom. The monoisotopic (exact) mass is 373 g/mol. The summed E-state index contributed by atoms with van der Waals surface area (Å²) in [5, 5.41) is 1.55. The van der Waals surface area contributed by atoms with Crippen molar-refractivity contribution < 1.29 is 23.0 Å². The minimum atomic E-state index is -2.96. The normalized spacial score (nSPS) is 10.8. The fraction of sp³-hybridized carbons (Fsp3) is 0.312. The summed E-state index contributed by atoms with van der Waals surface area (Å²) in [5.41, 5.74) is 0.883. The van der Waals surface area contributed by atoms with E-state index in [1.54, 1.807) is 31.3 Å². The van der Waals surface area contributed by atoms with Gasteiger partial charge in [0.25, 0.3) is 5.91 Å². The average Bonchev–Trinajstić information content (AvgIpc) is 3.01. The van der Waals surface area contributed by atoms with Gasteiger partial charge in [-0.2, -0.15) is 8.78 Å². The molecule has 1 aromatic heterocycles. The van der Waals surface area contributed by atoms with Crippen molar-refractivity contribution in [2.75, 3.05) is 20.4 Å². The van der Waals surface area contributed by atoms with E-state index in [1.165, 1.54) is 11.0 Å². The molecule has 0 atom stereocenters. The summed E-state index contributed by atoms with van der Waals surface area (Å²) in [6.45, 7) is -2.63. The molecule has 8 heteroatoms. The van der Waals surface area contributed by atoms with Gasteiger partial charge in [-0.05, 0) is 35.4 Å². The molecule has 0 spiro atoms. The van der Waals surface area contributed by atoms with Crippen LogP contribution in [-0.2, 0) is 6.54 Å². The third-order valence-electron chi connectivity index (χ3n) is 3.25. The number of benzene rings is 1. The molecule has 1 aromatic carbocycles. The molecule has 1 heterocycles. The zero-order valence-corrected chi connectivity index (χ0v) is 15.0. The molecule has 0 aliphatic rings. The molecule has 0 saturated carbocycles. The maximum absolute atomic E-state index is 12.5. The number of carbonyl (C=O) groups excluding carboxylic acids is 1. The Bertz CT molecular complexity index is 706. The maximum atomic E-state index is 12.5. The fourth-order valence-electron chi connectivity index (χ4n) is 2.14. The van der Waals surface area contributed by atoms with Crippen molar-refractivity contribution in [1.82, 2.24) is 4.90 Å². The van der Waals surface area contributed by atoms with Crippen molar-refractivity contribution in [1.29, 1.82) is 0 Å². The van der Waals surface area contributed by atoms with Crippen LogP contribution in [0.25, 0.3) is 0 Å². The lowest BCUT2D eigenvalue weighted by Crippen LogP contribution is -2.26. The third kappa shape index (κ3) is 4.39. The van der Waals surface area contributed by atoms with Gasteiger partial charge in [-0.3, -0.25) is 4.79 Å². The molecule has 0 bridgehead atoms. The van der Waals surface area contributed by atoms with Gasteiger partial charge in [0.15, 0.2) is 0 Å². The Labute approximate surface area is 147 Å². The van der Waals surface area contributed by atoms with Gasteiger partial charge in [0.1, 0.15) is 16.4 Å². The number of amides is 1. The van der Waals surface area contributed by atoms with Crippen LogP contribution < -0.4 is 9.47 Å². The van der Waals surface area contributed by atoms with Crippen LogP contribution >= 0.6 is 23.1 Å². The van der Waals surface area contributed by atoms with E-state index in [0.717, 1.165) is 27.5 Å². The molecule has 24 heavy (non-hydrogen) atoms. The number of methoxy groups -OCH3 is 1. The minimum absolute atomic E-state index is 0.0952. The number of rotatable bonds is 7. The largest absolute Gasteiger partial charge is 0.496 e. The van der Waals surface area contributed by atoms with Gasteiger partial charge in [-0.25, -0.2) is 0 Å². The molecule has 0 fully saturated rings. The van der Waals surface area contributed by atoms with Crippen LogP contribution in [0.4, 0.5) is 8.78 Å². The number of hydrogen-bond acceptors (Lipinski definition) is 5. The molecule has 0 radical (unpaired) electrons. The number of alkyl halides is 2. The molecule has 1 amide bonds. The molecule has 0 aliphatic heterocycles. The molecule has 0 aliphatic carbocycles. The summed E-state index contributed by atoms with van der Waals surface area (Å²) in [6, 6.07) is 7.06. The van der Waals surface area contributed by atoms with Crippen LogP contribution in [0.1, 0.15) is 15.2 Å². The summed E-state index contributed by atoms with van der Waals surface area (Å²) < 4.78 is 34.5. The Balaban J connectivity index is 2.13. The standard InChI is InChI=1S/C16H17F2NO3S2/c1-19(9-10-4-5-13(23-3)12(8-10)21-2)15(20)14-11(6-7-24-14)22-16(17)18/h4-8,16H,9H2,1-3H3. The Hall–Kier alpha value is -1.80. The van der Waals surface area contributed by atoms with Crippen molar-refractivity contribution in [3.63, 3.8) is 0 Å². The lowest BCUT2D eigenvalue weighted by molar-refractivity contribution is -0.0499. The molecule has 4 nitrogen and oxygen atoms in total. The molecule has 130 valence electrons. The Morgan fingerprint density at radius 2 is 2.08 bits per heavy atom. The first-order chi connectivity index (χ1) is 11.5. The summed E-state index contributed by atoms with van der Waals surface area (Å²) in [4.78, 5) is 15.1. The molecule has 0 unspecified atom stereocenters. The topological polar surface area (TPSA) is 38.8 Å². The molecule has 0 saturated heterocycles. The molecular formula is C16H17F2NO3S2. The highest BCUT2D eigenvalue weighted by molar-refractivity contribution is 7.98. The van der Waals surface area contributed by atoms with Gasteiger partial charge in [0, 0.05) is 18.5 Å². The van der Waals surface area contributed by atoms with E-state index >= 15 is 0 Å². The van der Waals surface area contributed by atoms with Crippen molar-refractivity contribution in [3.05, 3.63) is 40.1 Å². The zero-order chi connectivity index (χ0) is 17.7. The second-order valence-electron chi connectivity index (χ2n) is 4.84. The SMILES string of the molecule is COc1cc(CN(C)C(=O)c2sccc2OC(F)F)ccc1SC. The van der Waals surface area contributed by atoms with E-state index in [1.807, 2.05) is 24.5 Å². The number of ether oxygens (including phenoxy) is 2. The summed E-state index contributed by atoms with van der Waals surface area (Å²) >= 11 is 2.64. The van der Waals surface area contributed by atoms with Crippen LogP contribution in [0.15, 0.2) is 34.5 Å². The molecule has 0 N–H and O–H groups in total. The van der Waals surface area contributed by atoms with E-state index in [9.17, 15) is 13.6 Å². The highest BCUT2D eigenvalue weighted by Crippen LogP contribution is 2.30. The highest BCUT2D eigenvalue weighted by Gasteiger charge is 2.21. The van der Waals surface area contributed by atoms with Crippen LogP contribution in [0.2, 0.25) is 0 Å². The van der Waals surface area contributed by atoms with Crippen LogP contribution in [0.5, 0.6) is 11.5 Å². The number of hydrogen-bond donors (Lipinski definition) is 0. The molecule has 2 aromatic rings. The highest BCUT2D eigenvalue weighted by atomic mass is 32.2. The number of nitrogens with zero attached hydrogens (tertiary/aromatic N) is 1. The van der Waals surface area contributed by atoms with E-state index in [-0.39, 0.29) is 16.5 Å². The average molecular weight is 373 g/mol. The number of thiophene rings is 1. The van der Waals surface area contributed by atoms with Crippen molar-refractivity contribution in [2.24, 2.45) is 0 Å². The Morgan fingerprint density at radius 1 is 1.33 bits per heavy atom. The van der Waals surface area contributed by atoms with Crippen LogP contribution in [0, 0.1) is 0 Å². The predicted molar refractivity (Wildman–Crippen MR) is 91.5 cm³/mol. The summed E-state index contributed by atoms with van der Waals surface area (Å²) in [7, 11) is 3.20. The van der Waals surface area contributed by atoms with E-state index in [2.05, 4.69) is 4.74 Å². The first-order valence-electron chi connectivity index (χ1n) is 6.95. The van der Waals surface area contributed by atoms with Crippen molar-refractivity contribution >= 4 is 29.0 Å². The lowest BCUT2D eigenvalue weighted by Gasteiger charge is -2.18. The second kappa shape index (κ2) is 8.34. The third-order valence-corrected chi connectivity index (χ3v) is 4.91. The van der Waals surface area contributed by atoms with Crippen LogP contribution in [0.3, 0.4) is 0 Å². The van der Waals surface area contributed by atoms with Gasteiger partial charge in [-0.1, -0.05) is 6.07 Å². The van der Waals surface area contributed by atoms with Crippen LogP contribution in [-0.4, -0.2) is 37.8 Å². The van der Waals surface area contributed by atoms with Gasteiger partial charge >= 0.3 is 6.61 Å². The lowest BCUT2D eigenvalue weighted by atomic mass is 10.2. The maximum Gasteiger partial charge on any atom is 0.387 e. The van der Waals surface area contributed by atoms with Gasteiger partial charge in [-0.15, -0.1) is 23.1 Å². The molecular weight excluding hydrogens is 356 g/mol. The first-order valence-corrected chi connectivity index (χ1v) is 9.05. The van der Waals surface area contributed by atoms with E-state index in [4.69, 9.17) is 4.74 Å². The van der Waals surface area contributed by atoms with Gasteiger partial charge in [0.05, 0.1) is 7.11 Å². The van der Waals surface area contributed by atoms with Crippen molar-refractivity contribution in [3.8, 4) is 11.5 Å². The van der Waals surface area contributed by atoms with Gasteiger partial charge < -0.3 is 14.4 Å². The fourth-order valence-corrected chi connectivity index (χ4v) is 3.50. The van der Waals surface area contributed by atoms with Gasteiger partial charge in [0.2, 0.25) is 0 Å². The Kier molecular flexibility index (Phi) is 6.44. The second-order valence-corrected chi connectivity index (χ2v) is 6.61. The summed E-state index contributed by atoms with van der Waals surface area (Å²) in [5.74, 6) is 0.273. The first kappa shape index (κ1) is 18.5. The quantitative estimate of drug-likeness (QED) is 0.677.